The first-order valence-corrected chi connectivity index (χ1v) is 9.60. The fourth-order valence-electron chi connectivity index (χ4n) is 3.61. The number of piperidine rings is 1. The zero-order valence-corrected chi connectivity index (χ0v) is 16.3. The van der Waals surface area contributed by atoms with Gasteiger partial charge in [-0.15, -0.1) is 0 Å². The number of imidazole rings is 1. The number of rotatable bonds is 3. The predicted octanol–water partition coefficient (Wildman–Crippen LogP) is 4.90. The third kappa shape index (κ3) is 3.37. The lowest BCUT2D eigenvalue weighted by atomic mass is 9.95. The van der Waals surface area contributed by atoms with Gasteiger partial charge in [0.25, 0.3) is 5.91 Å². The fraction of sp³-hybridized carbons (Fsp3) is 0.300. The average Bonchev–Trinajstić information content (AvgIpc) is 3.13. The molecule has 4 rings (SSSR count). The molecule has 1 fully saturated rings. The summed E-state index contributed by atoms with van der Waals surface area (Å²) in [6, 6.07) is 11.3. The van der Waals surface area contributed by atoms with Crippen molar-refractivity contribution in [2.24, 2.45) is 0 Å². The molecule has 140 valence electrons. The molecule has 5 nitrogen and oxygen atoms in total. The van der Waals surface area contributed by atoms with E-state index >= 15 is 0 Å². The number of benzene rings is 2. The van der Waals surface area contributed by atoms with Crippen molar-refractivity contribution in [3.05, 3.63) is 57.8 Å². The standard InChI is InChI=1S/C20H19Cl2N3O2/c1-27-18-14(22)7-6-13(21)17(18)20(26)25-10-8-12(9-11-25)19-23-15-4-2-3-5-16(15)24-19/h2-7,12H,8-11H2,1H3,(H,23,24). The molecule has 0 unspecified atom stereocenters. The highest BCUT2D eigenvalue weighted by molar-refractivity contribution is 6.37. The van der Waals surface area contributed by atoms with Crippen LogP contribution >= 0.6 is 23.2 Å². The molecule has 0 aliphatic carbocycles. The highest BCUT2D eigenvalue weighted by Crippen LogP contribution is 2.36. The lowest BCUT2D eigenvalue weighted by Gasteiger charge is -2.31. The lowest BCUT2D eigenvalue weighted by Crippen LogP contribution is -2.38. The summed E-state index contributed by atoms with van der Waals surface area (Å²) in [4.78, 5) is 22.9. The lowest BCUT2D eigenvalue weighted by molar-refractivity contribution is 0.0708. The van der Waals surface area contributed by atoms with Crippen molar-refractivity contribution < 1.29 is 9.53 Å². The first-order valence-electron chi connectivity index (χ1n) is 8.84. The third-order valence-electron chi connectivity index (χ3n) is 5.05. The molecule has 1 amide bonds. The second-order valence-corrected chi connectivity index (χ2v) is 7.46. The van der Waals surface area contributed by atoms with E-state index in [9.17, 15) is 4.79 Å². The molecular formula is C20H19Cl2N3O2. The topological polar surface area (TPSA) is 58.2 Å². The predicted molar refractivity (Wildman–Crippen MR) is 107 cm³/mol. The van der Waals surface area contributed by atoms with Gasteiger partial charge in [0, 0.05) is 19.0 Å². The van der Waals surface area contributed by atoms with Crippen molar-refractivity contribution in [3.63, 3.8) is 0 Å². The van der Waals surface area contributed by atoms with E-state index in [1.165, 1.54) is 7.11 Å². The second kappa shape index (κ2) is 7.41. The number of H-pyrrole nitrogens is 1. The number of amides is 1. The van der Waals surface area contributed by atoms with Gasteiger partial charge < -0.3 is 14.6 Å². The summed E-state index contributed by atoms with van der Waals surface area (Å²) in [5, 5.41) is 0.725. The maximum Gasteiger partial charge on any atom is 0.259 e. The van der Waals surface area contributed by atoms with Crippen LogP contribution < -0.4 is 4.74 Å². The summed E-state index contributed by atoms with van der Waals surface area (Å²) in [7, 11) is 1.49. The molecule has 0 radical (unpaired) electrons. The number of ether oxygens (including phenoxy) is 1. The van der Waals surface area contributed by atoms with E-state index < -0.39 is 0 Å². The maximum atomic E-state index is 13.0. The first-order chi connectivity index (χ1) is 13.1. The van der Waals surface area contributed by atoms with Crippen molar-refractivity contribution in [3.8, 4) is 5.75 Å². The van der Waals surface area contributed by atoms with Crippen LogP contribution in [0.25, 0.3) is 11.0 Å². The van der Waals surface area contributed by atoms with E-state index in [0.29, 0.717) is 40.4 Å². The van der Waals surface area contributed by atoms with Gasteiger partial charge in [-0.05, 0) is 37.1 Å². The monoisotopic (exact) mass is 403 g/mol. The molecule has 7 heteroatoms. The highest BCUT2D eigenvalue weighted by Gasteiger charge is 2.29. The molecule has 2 aromatic carbocycles. The molecule has 1 aliphatic heterocycles. The van der Waals surface area contributed by atoms with Crippen LogP contribution in [0.15, 0.2) is 36.4 Å². The number of halogens is 2. The van der Waals surface area contributed by atoms with Gasteiger partial charge in [0.05, 0.1) is 28.2 Å². The minimum atomic E-state index is -0.151. The molecule has 1 aliphatic rings. The SMILES string of the molecule is COc1c(Cl)ccc(Cl)c1C(=O)N1CCC(c2nc3ccccc3[nH]2)CC1. The Bertz CT molecular complexity index is 961. The van der Waals surface area contributed by atoms with Crippen LogP contribution in [0.5, 0.6) is 5.75 Å². The summed E-state index contributed by atoms with van der Waals surface area (Å²) >= 11 is 12.4. The number of carbonyl (C=O) groups is 1. The Morgan fingerprint density at radius 3 is 2.56 bits per heavy atom. The molecule has 1 N–H and O–H groups in total. The number of nitrogens with zero attached hydrogens (tertiary/aromatic N) is 2. The van der Waals surface area contributed by atoms with Gasteiger partial charge in [-0.2, -0.15) is 0 Å². The zero-order chi connectivity index (χ0) is 19.0. The van der Waals surface area contributed by atoms with Crippen LogP contribution in [-0.4, -0.2) is 41.0 Å². The number of methoxy groups -OCH3 is 1. The van der Waals surface area contributed by atoms with Crippen molar-refractivity contribution in [1.29, 1.82) is 0 Å². The number of fused-ring (bicyclic) bond motifs is 1. The van der Waals surface area contributed by atoms with Gasteiger partial charge in [0.15, 0.2) is 5.75 Å². The number of hydrogen-bond acceptors (Lipinski definition) is 3. The molecule has 3 aromatic rings. The van der Waals surface area contributed by atoms with Gasteiger partial charge >= 0.3 is 0 Å². The summed E-state index contributed by atoms with van der Waals surface area (Å²) in [6.07, 6.45) is 1.68. The van der Waals surface area contributed by atoms with Crippen molar-refractivity contribution >= 4 is 40.1 Å². The van der Waals surface area contributed by atoms with Crippen LogP contribution in [0.4, 0.5) is 0 Å². The molecule has 0 saturated carbocycles. The quantitative estimate of drug-likeness (QED) is 0.676. The minimum absolute atomic E-state index is 0.151. The van der Waals surface area contributed by atoms with Crippen molar-refractivity contribution in [1.82, 2.24) is 14.9 Å². The molecule has 27 heavy (non-hydrogen) atoms. The smallest absolute Gasteiger partial charge is 0.259 e. The Kier molecular flexibility index (Phi) is 4.98. The molecule has 0 spiro atoms. The van der Waals surface area contributed by atoms with Crippen LogP contribution in [0.1, 0.15) is 34.9 Å². The van der Waals surface area contributed by atoms with Gasteiger partial charge in [0.2, 0.25) is 0 Å². The molecule has 2 heterocycles. The van der Waals surface area contributed by atoms with Crippen LogP contribution in [-0.2, 0) is 0 Å². The number of nitrogens with one attached hydrogen (secondary N) is 1. The maximum absolute atomic E-state index is 13.0. The van der Waals surface area contributed by atoms with Crippen LogP contribution in [0.3, 0.4) is 0 Å². The Morgan fingerprint density at radius 1 is 1.15 bits per heavy atom. The number of likely N-dealkylation sites (tertiary alicyclic amines) is 1. The molecule has 0 bridgehead atoms. The first kappa shape index (κ1) is 18.1. The van der Waals surface area contributed by atoms with Crippen LogP contribution in [0.2, 0.25) is 10.0 Å². The van der Waals surface area contributed by atoms with E-state index in [-0.39, 0.29) is 5.91 Å². The summed E-state index contributed by atoms with van der Waals surface area (Å²) in [6.45, 7) is 1.26. The summed E-state index contributed by atoms with van der Waals surface area (Å²) in [5.74, 6) is 1.47. The number of hydrogen-bond donors (Lipinski definition) is 1. The fourth-order valence-corrected chi connectivity index (χ4v) is 4.08. The van der Waals surface area contributed by atoms with Crippen molar-refractivity contribution in [2.75, 3.05) is 20.2 Å². The van der Waals surface area contributed by atoms with Crippen LogP contribution in [0, 0.1) is 0 Å². The van der Waals surface area contributed by atoms with E-state index in [1.54, 1.807) is 17.0 Å². The Hall–Kier alpha value is -2.24. The van der Waals surface area contributed by atoms with E-state index in [2.05, 4.69) is 4.98 Å². The third-order valence-corrected chi connectivity index (χ3v) is 5.67. The van der Waals surface area contributed by atoms with Gasteiger partial charge in [-0.25, -0.2) is 4.98 Å². The zero-order valence-electron chi connectivity index (χ0n) is 14.8. The highest BCUT2D eigenvalue weighted by atomic mass is 35.5. The molecule has 0 atom stereocenters. The summed E-state index contributed by atoms with van der Waals surface area (Å²) < 4.78 is 5.31. The Morgan fingerprint density at radius 2 is 1.85 bits per heavy atom. The Balaban J connectivity index is 1.51. The number of carbonyl (C=O) groups excluding carboxylic acids is 1. The second-order valence-electron chi connectivity index (χ2n) is 6.64. The number of aromatic nitrogens is 2. The largest absolute Gasteiger partial charge is 0.494 e. The normalized spacial score (nSPS) is 15.3. The van der Waals surface area contributed by atoms with Gasteiger partial charge in [-0.3, -0.25) is 4.79 Å². The molecular weight excluding hydrogens is 385 g/mol. The van der Waals surface area contributed by atoms with Gasteiger partial charge in [0.1, 0.15) is 11.4 Å². The number of para-hydroxylation sites is 2. The summed E-state index contributed by atoms with van der Waals surface area (Å²) in [5.41, 5.74) is 2.34. The van der Waals surface area contributed by atoms with Gasteiger partial charge in [-0.1, -0.05) is 35.3 Å². The average molecular weight is 404 g/mol. The number of aromatic amines is 1. The van der Waals surface area contributed by atoms with E-state index in [4.69, 9.17) is 32.9 Å². The minimum Gasteiger partial charge on any atom is -0.494 e. The van der Waals surface area contributed by atoms with E-state index in [1.807, 2.05) is 24.3 Å². The van der Waals surface area contributed by atoms with Crippen molar-refractivity contribution in [2.45, 2.75) is 18.8 Å². The van der Waals surface area contributed by atoms with E-state index in [0.717, 1.165) is 29.7 Å². The molecule has 1 saturated heterocycles. The Labute approximate surface area is 167 Å². The molecule has 1 aromatic heterocycles.